The predicted molar refractivity (Wildman–Crippen MR) is 46.7 cm³/mol. The molecule has 3 nitrogen and oxygen atoms in total. The van der Waals surface area contributed by atoms with Gasteiger partial charge in [0.15, 0.2) is 11.6 Å². The van der Waals surface area contributed by atoms with Crippen LogP contribution in [0.2, 0.25) is 5.02 Å². The van der Waals surface area contributed by atoms with E-state index < -0.39 is 11.6 Å². The Morgan fingerprint density at radius 2 is 2.07 bits per heavy atom. The minimum absolute atomic E-state index is 0.275. The number of aromatic amines is 1. The summed E-state index contributed by atoms with van der Waals surface area (Å²) >= 11 is 5.46. The van der Waals surface area contributed by atoms with E-state index in [1.54, 1.807) is 0 Å². The summed E-state index contributed by atoms with van der Waals surface area (Å²) < 4.78 is 25.7. The largest absolute Gasteiger partial charge is 0.265 e. The highest BCUT2D eigenvalue weighted by molar-refractivity contribution is 6.31. The molecular weight excluding hydrogens is 212 g/mol. The van der Waals surface area contributed by atoms with E-state index in [1.165, 1.54) is 12.3 Å². The van der Waals surface area contributed by atoms with Gasteiger partial charge in [-0.25, -0.2) is 8.78 Å². The summed E-state index contributed by atoms with van der Waals surface area (Å²) in [6.45, 7) is 0. The smallest absolute Gasteiger partial charge is 0.177 e. The summed E-state index contributed by atoms with van der Waals surface area (Å²) in [6.07, 6.45) is 1.46. The minimum Gasteiger partial charge on any atom is -0.265 e. The molecule has 1 aromatic carbocycles. The van der Waals surface area contributed by atoms with Gasteiger partial charge in [0.25, 0.3) is 0 Å². The van der Waals surface area contributed by atoms with Gasteiger partial charge < -0.3 is 0 Å². The zero-order chi connectivity index (χ0) is 10.1. The van der Waals surface area contributed by atoms with Crippen molar-refractivity contribution in [3.8, 4) is 11.3 Å². The summed E-state index contributed by atoms with van der Waals surface area (Å²) in [6, 6.07) is 2.30. The number of halogens is 3. The molecule has 0 atom stereocenters. The molecule has 0 bridgehead atoms. The first-order valence-electron chi connectivity index (χ1n) is 3.70. The number of rotatable bonds is 1. The number of benzene rings is 1. The first kappa shape index (κ1) is 9.08. The van der Waals surface area contributed by atoms with Crippen molar-refractivity contribution in [1.82, 2.24) is 15.4 Å². The summed E-state index contributed by atoms with van der Waals surface area (Å²) in [5.74, 6) is -2.06. The van der Waals surface area contributed by atoms with Crippen molar-refractivity contribution in [2.24, 2.45) is 0 Å². The van der Waals surface area contributed by atoms with Crippen LogP contribution in [0.5, 0.6) is 0 Å². The van der Waals surface area contributed by atoms with Gasteiger partial charge in [0.1, 0.15) is 5.69 Å². The molecule has 1 heterocycles. The van der Waals surface area contributed by atoms with Crippen LogP contribution in [-0.4, -0.2) is 15.4 Å². The van der Waals surface area contributed by atoms with Gasteiger partial charge in [-0.2, -0.15) is 0 Å². The van der Waals surface area contributed by atoms with Crippen LogP contribution in [0, 0.1) is 11.6 Å². The van der Waals surface area contributed by atoms with E-state index in [1.807, 2.05) is 0 Å². The maximum absolute atomic E-state index is 12.9. The number of hydrogen-bond donors (Lipinski definition) is 1. The molecule has 1 N–H and O–H groups in total. The van der Waals surface area contributed by atoms with Gasteiger partial charge in [0.05, 0.1) is 5.02 Å². The molecule has 6 heteroatoms. The lowest BCUT2D eigenvalue weighted by Gasteiger charge is -1.99. The molecule has 2 rings (SSSR count). The van der Waals surface area contributed by atoms with E-state index in [0.717, 1.165) is 6.07 Å². The molecule has 0 spiro atoms. The normalized spacial score (nSPS) is 10.5. The summed E-state index contributed by atoms with van der Waals surface area (Å²) in [7, 11) is 0. The molecule has 0 aliphatic rings. The van der Waals surface area contributed by atoms with E-state index in [4.69, 9.17) is 11.6 Å². The lowest BCUT2D eigenvalue weighted by molar-refractivity contribution is 0.509. The second kappa shape index (κ2) is 3.34. The summed E-state index contributed by atoms with van der Waals surface area (Å²) in [4.78, 5) is 0. The molecule has 0 fully saturated rings. The SMILES string of the molecule is Fc1cc(-c2c[nH]nn2)cc(Cl)c1F. The highest BCUT2D eigenvalue weighted by Crippen LogP contribution is 2.25. The van der Waals surface area contributed by atoms with Crippen molar-refractivity contribution >= 4 is 11.6 Å². The first-order chi connectivity index (χ1) is 6.68. The fourth-order valence-corrected chi connectivity index (χ4v) is 1.25. The lowest BCUT2D eigenvalue weighted by Crippen LogP contribution is -1.88. The van der Waals surface area contributed by atoms with E-state index in [2.05, 4.69) is 15.4 Å². The highest BCUT2D eigenvalue weighted by Gasteiger charge is 2.11. The Morgan fingerprint density at radius 1 is 1.29 bits per heavy atom. The van der Waals surface area contributed by atoms with Crippen molar-refractivity contribution in [1.29, 1.82) is 0 Å². The molecule has 0 saturated heterocycles. The second-order valence-electron chi connectivity index (χ2n) is 2.61. The molecule has 0 amide bonds. The molecule has 14 heavy (non-hydrogen) atoms. The van der Waals surface area contributed by atoms with Gasteiger partial charge in [-0.05, 0) is 12.1 Å². The Morgan fingerprint density at radius 3 is 2.64 bits per heavy atom. The maximum Gasteiger partial charge on any atom is 0.177 e. The van der Waals surface area contributed by atoms with Crippen LogP contribution in [0.4, 0.5) is 8.78 Å². The number of aromatic nitrogens is 3. The van der Waals surface area contributed by atoms with Gasteiger partial charge in [0, 0.05) is 11.8 Å². The quantitative estimate of drug-likeness (QED) is 0.743. The van der Waals surface area contributed by atoms with Crippen molar-refractivity contribution < 1.29 is 8.78 Å². The van der Waals surface area contributed by atoms with Crippen molar-refractivity contribution in [3.05, 3.63) is 35.0 Å². The van der Waals surface area contributed by atoms with Crippen LogP contribution >= 0.6 is 11.6 Å². The average molecular weight is 216 g/mol. The highest BCUT2D eigenvalue weighted by atomic mass is 35.5. The number of hydrogen-bond acceptors (Lipinski definition) is 2. The van der Waals surface area contributed by atoms with Gasteiger partial charge in [-0.15, -0.1) is 5.10 Å². The molecule has 72 valence electrons. The van der Waals surface area contributed by atoms with Gasteiger partial charge in [0.2, 0.25) is 0 Å². The topological polar surface area (TPSA) is 41.6 Å². The molecule has 2 aromatic rings. The molecule has 1 aromatic heterocycles. The molecular formula is C8H4ClF2N3. The molecule has 0 saturated carbocycles. The third-order valence-corrected chi connectivity index (χ3v) is 1.97. The second-order valence-corrected chi connectivity index (χ2v) is 3.02. The van der Waals surface area contributed by atoms with Crippen molar-refractivity contribution in [2.75, 3.05) is 0 Å². The third-order valence-electron chi connectivity index (χ3n) is 1.70. The zero-order valence-electron chi connectivity index (χ0n) is 6.76. The number of nitrogens with zero attached hydrogens (tertiary/aromatic N) is 2. The van der Waals surface area contributed by atoms with Crippen LogP contribution in [0.15, 0.2) is 18.3 Å². The van der Waals surface area contributed by atoms with Crippen LogP contribution in [0.1, 0.15) is 0 Å². The van der Waals surface area contributed by atoms with Crippen LogP contribution < -0.4 is 0 Å². The maximum atomic E-state index is 12.9. The lowest BCUT2D eigenvalue weighted by atomic mass is 10.1. The first-order valence-corrected chi connectivity index (χ1v) is 4.07. The van der Waals surface area contributed by atoms with Crippen LogP contribution in [0.3, 0.4) is 0 Å². The standard InChI is InChI=1S/C8H4ClF2N3/c9-5-1-4(2-6(10)8(5)11)7-3-12-14-13-7/h1-3H,(H,12,13,14). The number of H-pyrrole nitrogens is 1. The van der Waals surface area contributed by atoms with Gasteiger partial charge in [-0.1, -0.05) is 16.8 Å². The Balaban J connectivity index is 2.57. The van der Waals surface area contributed by atoms with Gasteiger partial charge >= 0.3 is 0 Å². The van der Waals surface area contributed by atoms with Crippen LogP contribution in [-0.2, 0) is 0 Å². The minimum atomic E-state index is -1.06. The summed E-state index contributed by atoms with van der Waals surface area (Å²) in [5, 5.41) is 9.28. The average Bonchev–Trinajstić information content (AvgIpc) is 2.66. The predicted octanol–water partition coefficient (Wildman–Crippen LogP) is 2.40. The fourth-order valence-electron chi connectivity index (χ4n) is 1.05. The van der Waals surface area contributed by atoms with E-state index in [0.29, 0.717) is 11.3 Å². The number of nitrogens with one attached hydrogen (secondary N) is 1. The van der Waals surface area contributed by atoms with E-state index >= 15 is 0 Å². The van der Waals surface area contributed by atoms with Crippen molar-refractivity contribution in [2.45, 2.75) is 0 Å². The zero-order valence-corrected chi connectivity index (χ0v) is 7.52. The molecule has 0 unspecified atom stereocenters. The Bertz CT molecular complexity index is 433. The van der Waals surface area contributed by atoms with Crippen molar-refractivity contribution in [3.63, 3.8) is 0 Å². The molecule has 0 aliphatic heterocycles. The Hall–Kier alpha value is -1.49. The fraction of sp³-hybridized carbons (Fsp3) is 0. The third kappa shape index (κ3) is 1.46. The molecule has 0 aliphatic carbocycles. The molecule has 0 radical (unpaired) electrons. The van der Waals surface area contributed by atoms with Gasteiger partial charge in [-0.3, -0.25) is 5.10 Å². The van der Waals surface area contributed by atoms with E-state index in [-0.39, 0.29) is 5.02 Å². The van der Waals surface area contributed by atoms with E-state index in [9.17, 15) is 8.78 Å². The Kier molecular flexibility index (Phi) is 2.17. The summed E-state index contributed by atoms with van der Waals surface area (Å²) in [5.41, 5.74) is 0.786. The monoisotopic (exact) mass is 215 g/mol. The Labute approximate surface area is 82.7 Å². The van der Waals surface area contributed by atoms with Crippen LogP contribution in [0.25, 0.3) is 11.3 Å².